The van der Waals surface area contributed by atoms with Crippen LogP contribution in [0.25, 0.3) is 0 Å². The van der Waals surface area contributed by atoms with Gasteiger partial charge in [0.25, 0.3) is 21.8 Å². The lowest BCUT2D eigenvalue weighted by atomic mass is 10.0. The summed E-state index contributed by atoms with van der Waals surface area (Å²) in [6.45, 7) is 4.47. The van der Waals surface area contributed by atoms with Crippen LogP contribution in [0.5, 0.6) is 5.75 Å². The molecule has 0 spiro atoms. The van der Waals surface area contributed by atoms with Gasteiger partial charge in [-0.25, -0.2) is 13.1 Å². The highest BCUT2D eigenvalue weighted by Crippen LogP contribution is 2.27. The molecule has 0 saturated carbocycles. The first-order chi connectivity index (χ1) is 19.2. The Morgan fingerprint density at radius 2 is 1.73 bits per heavy atom. The maximum atomic E-state index is 13.2. The van der Waals surface area contributed by atoms with Gasteiger partial charge >= 0.3 is 0 Å². The second-order valence-corrected chi connectivity index (χ2v) is 11.9. The van der Waals surface area contributed by atoms with Crippen molar-refractivity contribution in [2.24, 2.45) is 11.7 Å². The molecule has 41 heavy (non-hydrogen) atoms. The van der Waals surface area contributed by atoms with E-state index in [-0.39, 0.29) is 43.3 Å². The third kappa shape index (κ3) is 8.05. The number of sulfonamides is 1. The largest absolute Gasteiger partial charge is 0.483 e. The average Bonchev–Trinajstić information content (AvgIpc) is 2.91. The van der Waals surface area contributed by atoms with Gasteiger partial charge in [-0.2, -0.15) is 5.26 Å². The van der Waals surface area contributed by atoms with E-state index >= 15 is 0 Å². The Kier molecular flexibility index (Phi) is 10.1. The SMILES string of the molecule is Cc1cc(S(=O)(=O)NC(=O)[C@@H](N)C(C)C)ccc1NC(=O)COc1ccc(Cl)cc1C(=O)c1cc(Cl)cc(C#N)c1. The van der Waals surface area contributed by atoms with Gasteiger partial charge < -0.3 is 15.8 Å². The number of hydrogen-bond donors (Lipinski definition) is 3. The smallest absolute Gasteiger partial charge is 0.264 e. The molecule has 3 aromatic carbocycles. The van der Waals surface area contributed by atoms with Gasteiger partial charge in [0.1, 0.15) is 5.75 Å². The molecule has 10 nitrogen and oxygen atoms in total. The summed E-state index contributed by atoms with van der Waals surface area (Å²) in [7, 11) is -4.18. The molecule has 0 bridgehead atoms. The molecule has 0 unspecified atom stereocenters. The Labute approximate surface area is 247 Å². The minimum atomic E-state index is -4.18. The molecule has 0 radical (unpaired) electrons. The third-order valence-corrected chi connectivity index (χ3v) is 7.67. The minimum absolute atomic E-state index is 0.0569. The first kappa shape index (κ1) is 31.6. The zero-order valence-electron chi connectivity index (χ0n) is 22.2. The monoisotopic (exact) mass is 616 g/mol. The number of hydrogen-bond acceptors (Lipinski definition) is 8. The molecule has 3 aromatic rings. The van der Waals surface area contributed by atoms with E-state index in [1.165, 1.54) is 54.6 Å². The molecule has 0 saturated heterocycles. The lowest BCUT2D eigenvalue weighted by molar-refractivity contribution is -0.121. The number of nitrogens with zero attached hydrogens (tertiary/aromatic N) is 1. The second kappa shape index (κ2) is 13.1. The number of ether oxygens (including phenoxy) is 1. The lowest BCUT2D eigenvalue weighted by Crippen LogP contribution is -2.46. The van der Waals surface area contributed by atoms with Gasteiger partial charge in [-0.1, -0.05) is 37.0 Å². The predicted molar refractivity (Wildman–Crippen MR) is 154 cm³/mol. The molecule has 0 aromatic heterocycles. The maximum absolute atomic E-state index is 13.2. The van der Waals surface area contributed by atoms with Crippen LogP contribution in [0.1, 0.15) is 40.9 Å². The molecule has 0 aliphatic heterocycles. The summed E-state index contributed by atoms with van der Waals surface area (Å²) in [5.41, 5.74) is 6.82. The topological polar surface area (TPSA) is 168 Å². The van der Waals surface area contributed by atoms with Gasteiger partial charge in [0.15, 0.2) is 12.4 Å². The van der Waals surface area contributed by atoms with E-state index in [0.717, 1.165) is 0 Å². The van der Waals surface area contributed by atoms with Crippen molar-refractivity contribution in [3.8, 4) is 11.8 Å². The number of nitrogens with two attached hydrogens (primary N) is 1. The normalized spacial score (nSPS) is 11.9. The van der Waals surface area contributed by atoms with Gasteiger partial charge in [-0.15, -0.1) is 0 Å². The Hall–Kier alpha value is -3.95. The fraction of sp³-hybridized carbons (Fsp3) is 0.214. The van der Waals surface area contributed by atoms with E-state index in [1.54, 1.807) is 20.8 Å². The number of ketones is 1. The fourth-order valence-corrected chi connectivity index (χ4v) is 5.09. The summed E-state index contributed by atoms with van der Waals surface area (Å²) in [6, 6.07) is 13.3. The van der Waals surface area contributed by atoms with Crippen molar-refractivity contribution in [3.63, 3.8) is 0 Å². The summed E-state index contributed by atoms with van der Waals surface area (Å²) in [5.74, 6) is -2.13. The Balaban J connectivity index is 1.73. The van der Waals surface area contributed by atoms with E-state index in [0.29, 0.717) is 11.3 Å². The summed E-state index contributed by atoms with van der Waals surface area (Å²) < 4.78 is 32.8. The van der Waals surface area contributed by atoms with E-state index in [1.807, 2.05) is 10.8 Å². The van der Waals surface area contributed by atoms with Crippen molar-refractivity contribution < 1.29 is 27.5 Å². The van der Waals surface area contributed by atoms with Crippen LogP contribution in [0, 0.1) is 24.2 Å². The molecule has 3 rings (SSSR count). The summed E-state index contributed by atoms with van der Waals surface area (Å²) in [4.78, 5) is 37.8. The number of anilines is 1. The van der Waals surface area contributed by atoms with Crippen LogP contribution in [0.15, 0.2) is 59.5 Å². The van der Waals surface area contributed by atoms with Gasteiger partial charge in [0.2, 0.25) is 0 Å². The van der Waals surface area contributed by atoms with E-state index in [9.17, 15) is 28.1 Å². The van der Waals surface area contributed by atoms with Crippen LogP contribution in [-0.2, 0) is 19.6 Å². The number of benzene rings is 3. The Morgan fingerprint density at radius 1 is 1.02 bits per heavy atom. The number of nitriles is 1. The molecular formula is C28H26Cl2N4O6S. The first-order valence-electron chi connectivity index (χ1n) is 12.1. The summed E-state index contributed by atoms with van der Waals surface area (Å²) >= 11 is 12.1. The number of nitrogens with one attached hydrogen (secondary N) is 2. The average molecular weight is 618 g/mol. The van der Waals surface area contributed by atoms with Gasteiger partial charge in [0, 0.05) is 21.3 Å². The van der Waals surface area contributed by atoms with Crippen molar-refractivity contribution in [2.45, 2.75) is 31.7 Å². The van der Waals surface area contributed by atoms with Crippen LogP contribution < -0.4 is 20.5 Å². The van der Waals surface area contributed by atoms with Gasteiger partial charge in [-0.3, -0.25) is 14.4 Å². The van der Waals surface area contributed by atoms with Gasteiger partial charge in [0.05, 0.1) is 28.1 Å². The molecule has 0 aliphatic rings. The maximum Gasteiger partial charge on any atom is 0.264 e. The van der Waals surface area contributed by atoms with Crippen LogP contribution in [-0.4, -0.2) is 38.7 Å². The third-order valence-electron chi connectivity index (χ3n) is 5.87. The van der Waals surface area contributed by atoms with Crippen LogP contribution >= 0.6 is 23.2 Å². The molecule has 0 aliphatic carbocycles. The number of rotatable bonds is 10. The fourth-order valence-electron chi connectivity index (χ4n) is 3.58. The van der Waals surface area contributed by atoms with Crippen molar-refractivity contribution in [1.82, 2.24) is 4.72 Å². The number of halogens is 2. The highest BCUT2D eigenvalue weighted by molar-refractivity contribution is 7.90. The van der Waals surface area contributed by atoms with Crippen LogP contribution in [0.4, 0.5) is 5.69 Å². The van der Waals surface area contributed by atoms with E-state index in [2.05, 4.69) is 5.32 Å². The molecule has 214 valence electrons. The van der Waals surface area contributed by atoms with Crippen molar-refractivity contribution >= 4 is 56.5 Å². The zero-order chi connectivity index (χ0) is 30.5. The van der Waals surface area contributed by atoms with E-state index in [4.69, 9.17) is 33.7 Å². The quantitative estimate of drug-likeness (QED) is 0.284. The summed E-state index contributed by atoms with van der Waals surface area (Å²) in [5, 5.41) is 12.3. The highest BCUT2D eigenvalue weighted by atomic mass is 35.5. The molecule has 0 heterocycles. The van der Waals surface area contributed by atoms with Gasteiger partial charge in [-0.05, 0) is 73.0 Å². The van der Waals surface area contributed by atoms with Crippen molar-refractivity contribution in [2.75, 3.05) is 11.9 Å². The van der Waals surface area contributed by atoms with E-state index < -0.39 is 40.3 Å². The molecule has 13 heteroatoms. The molecule has 2 amide bonds. The first-order valence-corrected chi connectivity index (χ1v) is 14.4. The predicted octanol–water partition coefficient (Wildman–Crippen LogP) is 4.21. The summed E-state index contributed by atoms with van der Waals surface area (Å²) in [6.07, 6.45) is 0. The minimum Gasteiger partial charge on any atom is -0.483 e. The molecule has 0 fully saturated rings. The number of carbonyl (C=O) groups is 3. The highest BCUT2D eigenvalue weighted by Gasteiger charge is 2.25. The standard InChI is InChI=1S/C28H26Cl2N4O6S/c1-15(2)26(32)28(37)34-41(38,39)21-5-6-23(16(3)8-21)33-25(35)14-40-24-7-4-19(29)12-22(24)27(36)18-9-17(13-31)10-20(30)11-18/h4-12,15,26H,14,32H2,1-3H3,(H,33,35)(H,34,37)/t26-/m0/s1. The second-order valence-electron chi connectivity index (χ2n) is 9.36. The van der Waals surface area contributed by atoms with Crippen molar-refractivity contribution in [3.05, 3.63) is 86.9 Å². The number of amides is 2. The Bertz CT molecular complexity index is 1670. The van der Waals surface area contributed by atoms with Crippen LogP contribution in [0.3, 0.4) is 0 Å². The number of carbonyl (C=O) groups excluding carboxylic acids is 3. The van der Waals surface area contributed by atoms with Crippen molar-refractivity contribution in [1.29, 1.82) is 5.26 Å². The molecule has 4 N–H and O–H groups in total. The Morgan fingerprint density at radius 3 is 2.37 bits per heavy atom. The zero-order valence-corrected chi connectivity index (χ0v) is 24.5. The lowest BCUT2D eigenvalue weighted by Gasteiger charge is -2.16. The molecule has 1 atom stereocenters. The van der Waals surface area contributed by atoms with Crippen LogP contribution in [0.2, 0.25) is 10.0 Å². The number of aryl methyl sites for hydroxylation is 1. The molecular weight excluding hydrogens is 591 g/mol.